The molecule has 25 heavy (non-hydrogen) atoms. The number of ether oxygens (including phenoxy) is 1. The third-order valence-electron chi connectivity index (χ3n) is 3.32. The van der Waals surface area contributed by atoms with Crippen molar-refractivity contribution in [1.82, 2.24) is 0 Å². The molecule has 0 bridgehead atoms. The number of carbonyl (C=O) groups excluding carboxylic acids is 1. The quantitative estimate of drug-likeness (QED) is 0.359. The fourth-order valence-corrected chi connectivity index (χ4v) is 2.37. The highest BCUT2D eigenvalue weighted by Gasteiger charge is 2.24. The molecule has 0 spiro atoms. The van der Waals surface area contributed by atoms with Crippen molar-refractivity contribution in [2.45, 2.75) is 0 Å². The number of benzene rings is 2. The summed E-state index contributed by atoms with van der Waals surface area (Å²) in [5.74, 6) is -0.553. The first kappa shape index (κ1) is 16.6. The van der Waals surface area contributed by atoms with Crippen LogP contribution in [0, 0.1) is 10.1 Å². The Kier molecular flexibility index (Phi) is 4.72. The molecular formula is C18H11ClN2O4. The number of allylic oxidation sites excluding steroid dienone is 2. The number of halogens is 1. The summed E-state index contributed by atoms with van der Waals surface area (Å²) in [6, 6.07) is 14.9. The standard InChI is InChI=1S/C18H11ClN2O4/c19-14(10-12-4-2-1-3-5-12)11-16-18(22)25-17(20-16)13-6-8-15(9-7-13)21(23)24/h1-11H/b14-10-,16-11+. The Morgan fingerprint density at radius 1 is 1.12 bits per heavy atom. The molecule has 0 aliphatic carbocycles. The molecule has 0 amide bonds. The average Bonchev–Trinajstić information content (AvgIpc) is 2.96. The maximum Gasteiger partial charge on any atom is 0.363 e. The smallest absolute Gasteiger partial charge is 0.363 e. The van der Waals surface area contributed by atoms with Crippen molar-refractivity contribution >= 4 is 35.2 Å². The van der Waals surface area contributed by atoms with Crippen LogP contribution < -0.4 is 0 Å². The summed E-state index contributed by atoms with van der Waals surface area (Å²) in [6.45, 7) is 0. The normalized spacial score (nSPS) is 15.9. The van der Waals surface area contributed by atoms with Gasteiger partial charge in [0.05, 0.1) is 4.92 Å². The van der Waals surface area contributed by atoms with Crippen molar-refractivity contribution in [2.24, 2.45) is 4.99 Å². The summed E-state index contributed by atoms with van der Waals surface area (Å²) in [5.41, 5.74) is 1.35. The summed E-state index contributed by atoms with van der Waals surface area (Å²) in [7, 11) is 0. The lowest BCUT2D eigenvalue weighted by Gasteiger charge is -1.98. The molecule has 1 heterocycles. The molecular weight excluding hydrogens is 344 g/mol. The molecule has 0 saturated heterocycles. The third kappa shape index (κ3) is 3.99. The number of hydrogen-bond donors (Lipinski definition) is 0. The van der Waals surface area contributed by atoms with Gasteiger partial charge in [-0.2, -0.15) is 0 Å². The van der Waals surface area contributed by atoms with Gasteiger partial charge in [0.25, 0.3) is 5.69 Å². The summed E-state index contributed by atoms with van der Waals surface area (Å²) in [4.78, 5) is 26.2. The summed E-state index contributed by atoms with van der Waals surface area (Å²) < 4.78 is 5.10. The first-order chi connectivity index (χ1) is 12.0. The van der Waals surface area contributed by atoms with Crippen molar-refractivity contribution < 1.29 is 14.5 Å². The molecule has 0 unspecified atom stereocenters. The zero-order valence-electron chi connectivity index (χ0n) is 12.8. The van der Waals surface area contributed by atoms with Crippen LogP contribution in [0.3, 0.4) is 0 Å². The Balaban J connectivity index is 1.84. The highest BCUT2D eigenvalue weighted by molar-refractivity contribution is 6.33. The van der Waals surface area contributed by atoms with Crippen molar-refractivity contribution in [3.05, 3.63) is 92.6 Å². The number of rotatable bonds is 4. The maximum atomic E-state index is 11.9. The van der Waals surface area contributed by atoms with Gasteiger partial charge in [-0.3, -0.25) is 10.1 Å². The first-order valence-electron chi connectivity index (χ1n) is 7.22. The second-order valence-electron chi connectivity index (χ2n) is 5.08. The number of aliphatic imine (C=N–C) groups is 1. The van der Waals surface area contributed by atoms with E-state index in [1.807, 2.05) is 30.3 Å². The molecule has 6 nitrogen and oxygen atoms in total. The predicted molar refractivity (Wildman–Crippen MR) is 94.1 cm³/mol. The van der Waals surface area contributed by atoms with Gasteiger partial charge in [-0.05, 0) is 29.8 Å². The molecule has 0 saturated carbocycles. The fourth-order valence-electron chi connectivity index (χ4n) is 2.14. The molecule has 0 N–H and O–H groups in total. The van der Waals surface area contributed by atoms with E-state index in [0.717, 1.165) is 5.56 Å². The van der Waals surface area contributed by atoms with E-state index < -0.39 is 10.9 Å². The molecule has 1 aliphatic heterocycles. The third-order valence-corrected chi connectivity index (χ3v) is 3.54. The van der Waals surface area contributed by atoms with Gasteiger partial charge in [-0.1, -0.05) is 41.9 Å². The van der Waals surface area contributed by atoms with Crippen LogP contribution in [-0.2, 0) is 9.53 Å². The van der Waals surface area contributed by atoms with E-state index in [-0.39, 0.29) is 17.3 Å². The van der Waals surface area contributed by atoms with E-state index in [1.54, 1.807) is 6.08 Å². The summed E-state index contributed by atoms with van der Waals surface area (Å²) in [6.07, 6.45) is 3.11. The van der Waals surface area contributed by atoms with Crippen LogP contribution >= 0.6 is 11.6 Å². The number of nitrogens with zero attached hydrogens (tertiary/aromatic N) is 2. The molecule has 0 atom stereocenters. The number of cyclic esters (lactones) is 1. The molecule has 124 valence electrons. The second kappa shape index (κ2) is 7.11. The minimum absolute atomic E-state index is 0.0572. The van der Waals surface area contributed by atoms with Gasteiger partial charge in [0, 0.05) is 22.7 Å². The maximum absolute atomic E-state index is 11.9. The van der Waals surface area contributed by atoms with Crippen LogP contribution in [0.4, 0.5) is 5.69 Å². The Bertz CT molecular complexity index is 916. The van der Waals surface area contributed by atoms with Gasteiger partial charge < -0.3 is 4.74 Å². The number of nitro groups is 1. The van der Waals surface area contributed by atoms with E-state index in [0.29, 0.717) is 10.6 Å². The lowest BCUT2D eigenvalue weighted by atomic mass is 10.2. The van der Waals surface area contributed by atoms with Crippen molar-refractivity contribution in [3.63, 3.8) is 0 Å². The van der Waals surface area contributed by atoms with E-state index in [4.69, 9.17) is 16.3 Å². The van der Waals surface area contributed by atoms with Crippen molar-refractivity contribution in [1.29, 1.82) is 0 Å². The van der Waals surface area contributed by atoms with Crippen molar-refractivity contribution in [3.8, 4) is 0 Å². The second-order valence-corrected chi connectivity index (χ2v) is 5.52. The average molecular weight is 355 g/mol. The van der Waals surface area contributed by atoms with E-state index >= 15 is 0 Å². The number of esters is 1. The van der Waals surface area contributed by atoms with Crippen LogP contribution in [0.15, 0.2) is 76.4 Å². The first-order valence-corrected chi connectivity index (χ1v) is 7.60. The number of carbonyl (C=O) groups is 1. The van der Waals surface area contributed by atoms with Crippen LogP contribution in [0.1, 0.15) is 11.1 Å². The monoisotopic (exact) mass is 354 g/mol. The topological polar surface area (TPSA) is 81.8 Å². The molecule has 2 aromatic rings. The largest absolute Gasteiger partial charge is 0.402 e. The van der Waals surface area contributed by atoms with Gasteiger partial charge >= 0.3 is 5.97 Å². The molecule has 1 aliphatic rings. The summed E-state index contributed by atoms with van der Waals surface area (Å²) in [5, 5.41) is 11.0. The summed E-state index contributed by atoms with van der Waals surface area (Å²) >= 11 is 6.14. The van der Waals surface area contributed by atoms with E-state index in [1.165, 1.54) is 30.3 Å². The zero-order valence-corrected chi connectivity index (χ0v) is 13.5. The minimum atomic E-state index is -0.632. The van der Waals surface area contributed by atoms with Gasteiger partial charge in [0.15, 0.2) is 5.70 Å². The molecule has 0 fully saturated rings. The van der Waals surface area contributed by atoms with Crippen LogP contribution in [0.25, 0.3) is 6.08 Å². The zero-order chi connectivity index (χ0) is 17.8. The van der Waals surface area contributed by atoms with Crippen LogP contribution in [0.2, 0.25) is 0 Å². The Hall–Kier alpha value is -3.25. The van der Waals surface area contributed by atoms with Crippen molar-refractivity contribution in [2.75, 3.05) is 0 Å². The van der Waals surface area contributed by atoms with Gasteiger partial charge in [-0.15, -0.1) is 0 Å². The Morgan fingerprint density at radius 2 is 1.80 bits per heavy atom. The fraction of sp³-hybridized carbons (Fsp3) is 0. The van der Waals surface area contributed by atoms with E-state index in [9.17, 15) is 14.9 Å². The van der Waals surface area contributed by atoms with Crippen LogP contribution in [-0.4, -0.2) is 16.8 Å². The van der Waals surface area contributed by atoms with Gasteiger partial charge in [-0.25, -0.2) is 9.79 Å². The molecule has 3 rings (SSSR count). The van der Waals surface area contributed by atoms with Crippen LogP contribution in [0.5, 0.6) is 0 Å². The highest BCUT2D eigenvalue weighted by atomic mass is 35.5. The van der Waals surface area contributed by atoms with Gasteiger partial charge in [0.1, 0.15) is 0 Å². The lowest BCUT2D eigenvalue weighted by molar-refractivity contribution is -0.384. The molecule has 7 heteroatoms. The number of non-ortho nitro benzene ring substituents is 1. The number of hydrogen-bond acceptors (Lipinski definition) is 5. The molecule has 2 aromatic carbocycles. The SMILES string of the molecule is O=C1OC(c2ccc([N+](=O)[O-])cc2)=N/C1=C/C(Cl)=C/c1ccccc1. The Morgan fingerprint density at radius 3 is 2.44 bits per heavy atom. The lowest BCUT2D eigenvalue weighted by Crippen LogP contribution is -2.05. The van der Waals surface area contributed by atoms with E-state index in [2.05, 4.69) is 4.99 Å². The number of nitro benzene ring substituents is 1. The molecule has 0 radical (unpaired) electrons. The minimum Gasteiger partial charge on any atom is -0.402 e. The highest BCUT2D eigenvalue weighted by Crippen LogP contribution is 2.21. The molecule has 0 aromatic heterocycles. The predicted octanol–water partition coefficient (Wildman–Crippen LogP) is 4.06. The van der Waals surface area contributed by atoms with Gasteiger partial charge in [0.2, 0.25) is 5.90 Å². The Labute approximate surface area is 147 Å².